The number of thiazole rings is 1. The van der Waals surface area contributed by atoms with Gasteiger partial charge in [0, 0.05) is 17.4 Å². The molecule has 0 aliphatic carbocycles. The lowest BCUT2D eigenvalue weighted by atomic mass is 9.90. The predicted octanol–water partition coefficient (Wildman–Crippen LogP) is 3.06. The number of nitrogens with one attached hydrogen (secondary N) is 1. The molecule has 0 saturated heterocycles. The SMILES string of the molecule is CCOc1nc(-c2cc(F)ccc2C2Cc3nc(N)nc(C)c3C(=O)N2)cs1. The highest BCUT2D eigenvalue weighted by Gasteiger charge is 2.30. The minimum Gasteiger partial charge on any atom is -0.470 e. The van der Waals surface area contributed by atoms with Crippen LogP contribution in [0.3, 0.4) is 0 Å². The number of rotatable bonds is 4. The molecule has 1 amide bonds. The highest BCUT2D eigenvalue weighted by Crippen LogP contribution is 2.35. The van der Waals surface area contributed by atoms with E-state index >= 15 is 0 Å². The number of carbonyl (C=O) groups is 1. The van der Waals surface area contributed by atoms with E-state index in [1.165, 1.54) is 23.5 Å². The van der Waals surface area contributed by atoms with Crippen LogP contribution in [0.15, 0.2) is 23.6 Å². The molecule has 28 heavy (non-hydrogen) atoms. The minimum atomic E-state index is -0.387. The number of fused-ring (bicyclic) bond motifs is 1. The fourth-order valence-corrected chi connectivity index (χ4v) is 4.12. The van der Waals surface area contributed by atoms with E-state index in [2.05, 4.69) is 20.3 Å². The van der Waals surface area contributed by atoms with Crippen molar-refractivity contribution in [2.24, 2.45) is 0 Å². The predicted molar refractivity (Wildman–Crippen MR) is 104 cm³/mol. The molecule has 1 aromatic carbocycles. The second kappa shape index (κ2) is 7.16. The van der Waals surface area contributed by atoms with Crippen LogP contribution in [0.25, 0.3) is 11.3 Å². The quantitative estimate of drug-likeness (QED) is 0.699. The molecule has 0 spiro atoms. The topological polar surface area (TPSA) is 103 Å². The van der Waals surface area contributed by atoms with E-state index < -0.39 is 0 Å². The monoisotopic (exact) mass is 399 g/mol. The Morgan fingerprint density at radius 3 is 2.96 bits per heavy atom. The maximum atomic E-state index is 14.0. The normalized spacial score (nSPS) is 15.8. The highest BCUT2D eigenvalue weighted by molar-refractivity contribution is 7.11. The number of nitrogens with zero attached hydrogens (tertiary/aromatic N) is 3. The van der Waals surface area contributed by atoms with E-state index in [0.717, 1.165) is 5.56 Å². The second-order valence-corrected chi connectivity index (χ2v) is 7.20. The molecule has 1 aliphatic heterocycles. The Morgan fingerprint density at radius 1 is 1.36 bits per heavy atom. The van der Waals surface area contributed by atoms with Gasteiger partial charge in [0.05, 0.1) is 35.3 Å². The molecule has 0 bridgehead atoms. The lowest BCUT2D eigenvalue weighted by Gasteiger charge is -2.27. The number of nitrogens with two attached hydrogens (primary N) is 1. The fourth-order valence-electron chi connectivity index (χ4n) is 3.39. The molecular weight excluding hydrogens is 381 g/mol. The van der Waals surface area contributed by atoms with Crippen LogP contribution >= 0.6 is 11.3 Å². The number of amides is 1. The highest BCUT2D eigenvalue weighted by atomic mass is 32.1. The number of hydrogen-bond donors (Lipinski definition) is 2. The summed E-state index contributed by atoms with van der Waals surface area (Å²) in [6, 6.07) is 4.07. The summed E-state index contributed by atoms with van der Waals surface area (Å²) in [6.07, 6.45) is 0.426. The Kier molecular flexibility index (Phi) is 4.68. The minimum absolute atomic E-state index is 0.130. The van der Waals surface area contributed by atoms with E-state index in [0.29, 0.717) is 46.4 Å². The number of ether oxygens (including phenoxy) is 1. The second-order valence-electron chi connectivity index (χ2n) is 6.38. The number of halogens is 1. The molecule has 7 nitrogen and oxygen atoms in total. The summed E-state index contributed by atoms with van der Waals surface area (Å²) in [5.41, 5.74) is 9.29. The Bertz CT molecular complexity index is 1070. The maximum absolute atomic E-state index is 14.0. The molecule has 3 heterocycles. The molecule has 144 valence electrons. The number of anilines is 1. The first-order valence-corrected chi connectivity index (χ1v) is 9.66. The molecule has 0 radical (unpaired) electrons. The molecule has 3 N–H and O–H groups in total. The maximum Gasteiger partial charge on any atom is 0.273 e. The zero-order valence-corrected chi connectivity index (χ0v) is 16.1. The lowest BCUT2D eigenvalue weighted by molar-refractivity contribution is 0.0922. The first-order chi connectivity index (χ1) is 13.5. The molecule has 1 unspecified atom stereocenters. The van der Waals surface area contributed by atoms with Crippen LogP contribution in [0.1, 0.15) is 40.3 Å². The van der Waals surface area contributed by atoms with Crippen molar-refractivity contribution < 1.29 is 13.9 Å². The summed E-state index contributed by atoms with van der Waals surface area (Å²) in [5, 5.41) is 5.30. The van der Waals surface area contributed by atoms with Crippen molar-refractivity contribution in [1.29, 1.82) is 0 Å². The van der Waals surface area contributed by atoms with Gasteiger partial charge >= 0.3 is 0 Å². The number of aromatic nitrogens is 3. The standard InChI is InChI=1S/C19H18FN5O2S/c1-3-27-19-25-15(8-28-19)12-6-10(20)4-5-11(12)13-7-14-16(17(26)23-13)9(2)22-18(21)24-14/h4-6,8,13H,3,7H2,1-2H3,(H,23,26)(H2,21,22,24). The van der Waals surface area contributed by atoms with Crippen LogP contribution in [0.2, 0.25) is 0 Å². The Morgan fingerprint density at radius 2 is 2.18 bits per heavy atom. The average Bonchev–Trinajstić information content (AvgIpc) is 3.09. The lowest BCUT2D eigenvalue weighted by Crippen LogP contribution is -2.37. The Balaban J connectivity index is 1.76. The van der Waals surface area contributed by atoms with Crippen molar-refractivity contribution in [2.75, 3.05) is 12.3 Å². The van der Waals surface area contributed by atoms with Gasteiger partial charge in [-0.2, -0.15) is 0 Å². The Labute approximate surface area is 164 Å². The zero-order valence-electron chi connectivity index (χ0n) is 15.3. The van der Waals surface area contributed by atoms with Crippen LogP contribution in [0.4, 0.5) is 10.3 Å². The number of carbonyl (C=O) groups excluding carboxylic acids is 1. The van der Waals surface area contributed by atoms with E-state index in [9.17, 15) is 9.18 Å². The first kappa shape index (κ1) is 18.3. The van der Waals surface area contributed by atoms with Gasteiger partial charge in [0.15, 0.2) is 0 Å². The van der Waals surface area contributed by atoms with Crippen molar-refractivity contribution in [2.45, 2.75) is 26.3 Å². The van der Waals surface area contributed by atoms with Gasteiger partial charge in [-0.05, 0) is 31.5 Å². The molecule has 3 aromatic rings. The number of nitrogen functional groups attached to an aromatic ring is 1. The molecule has 2 aromatic heterocycles. The van der Waals surface area contributed by atoms with Gasteiger partial charge in [-0.1, -0.05) is 17.4 Å². The zero-order chi connectivity index (χ0) is 19.8. The van der Waals surface area contributed by atoms with Crippen LogP contribution < -0.4 is 15.8 Å². The van der Waals surface area contributed by atoms with Gasteiger partial charge in [0.2, 0.25) is 5.95 Å². The van der Waals surface area contributed by atoms with E-state index in [1.54, 1.807) is 13.0 Å². The molecule has 9 heteroatoms. The van der Waals surface area contributed by atoms with Gasteiger partial charge < -0.3 is 15.8 Å². The first-order valence-electron chi connectivity index (χ1n) is 8.78. The summed E-state index contributed by atoms with van der Waals surface area (Å²) in [6.45, 7) is 4.10. The van der Waals surface area contributed by atoms with Crippen molar-refractivity contribution in [1.82, 2.24) is 20.3 Å². The Hall–Kier alpha value is -3.07. The van der Waals surface area contributed by atoms with Crippen molar-refractivity contribution in [3.8, 4) is 16.5 Å². The molecular formula is C19H18FN5O2S. The third-order valence-corrected chi connectivity index (χ3v) is 5.28. The van der Waals surface area contributed by atoms with Gasteiger partial charge in [-0.25, -0.2) is 19.3 Å². The molecule has 0 saturated carbocycles. The third kappa shape index (κ3) is 3.29. The smallest absolute Gasteiger partial charge is 0.273 e. The van der Waals surface area contributed by atoms with E-state index in [4.69, 9.17) is 10.5 Å². The molecule has 0 fully saturated rings. The third-order valence-electron chi connectivity index (χ3n) is 4.53. The summed E-state index contributed by atoms with van der Waals surface area (Å²) >= 11 is 1.34. The summed E-state index contributed by atoms with van der Waals surface area (Å²) in [5.74, 6) is -0.521. The number of hydrogen-bond acceptors (Lipinski definition) is 7. The average molecular weight is 399 g/mol. The van der Waals surface area contributed by atoms with Crippen molar-refractivity contribution in [3.05, 3.63) is 51.9 Å². The molecule has 1 atom stereocenters. The summed E-state index contributed by atoms with van der Waals surface area (Å²) < 4.78 is 19.4. The van der Waals surface area contributed by atoms with E-state index in [-0.39, 0.29) is 23.7 Å². The molecule has 1 aliphatic rings. The van der Waals surface area contributed by atoms with Crippen molar-refractivity contribution >= 4 is 23.2 Å². The number of benzene rings is 1. The van der Waals surface area contributed by atoms with Crippen molar-refractivity contribution in [3.63, 3.8) is 0 Å². The number of aryl methyl sites for hydroxylation is 1. The van der Waals surface area contributed by atoms with Crippen LogP contribution in [-0.4, -0.2) is 27.5 Å². The van der Waals surface area contributed by atoms with Gasteiger partial charge in [0.1, 0.15) is 5.82 Å². The van der Waals surface area contributed by atoms with Gasteiger partial charge in [-0.3, -0.25) is 4.79 Å². The van der Waals surface area contributed by atoms with Crippen LogP contribution in [-0.2, 0) is 6.42 Å². The van der Waals surface area contributed by atoms with Crippen LogP contribution in [0, 0.1) is 12.7 Å². The van der Waals surface area contributed by atoms with Crippen LogP contribution in [0.5, 0.6) is 5.19 Å². The largest absolute Gasteiger partial charge is 0.470 e. The summed E-state index contributed by atoms with van der Waals surface area (Å²) in [4.78, 5) is 25.4. The van der Waals surface area contributed by atoms with Gasteiger partial charge in [-0.15, -0.1) is 0 Å². The molecule has 4 rings (SSSR count). The van der Waals surface area contributed by atoms with Gasteiger partial charge in [0.25, 0.3) is 11.1 Å². The summed E-state index contributed by atoms with van der Waals surface area (Å²) in [7, 11) is 0. The van der Waals surface area contributed by atoms with E-state index in [1.807, 2.05) is 12.3 Å². The fraction of sp³-hybridized carbons (Fsp3) is 0.263.